The second-order valence-corrected chi connectivity index (χ2v) is 3.92. The molecular formula is C11H14N2O4. The molecule has 0 aliphatic heterocycles. The summed E-state index contributed by atoms with van der Waals surface area (Å²) in [5, 5.41) is 8.83. The van der Waals surface area contributed by atoms with Gasteiger partial charge < -0.3 is 14.6 Å². The average Bonchev–Trinajstić information content (AvgIpc) is 3.12. The molecule has 6 nitrogen and oxygen atoms in total. The van der Waals surface area contributed by atoms with E-state index in [0.717, 1.165) is 12.8 Å². The molecule has 0 amide bonds. The van der Waals surface area contributed by atoms with Crippen LogP contribution in [0.4, 0.5) is 0 Å². The van der Waals surface area contributed by atoms with Gasteiger partial charge in [0.15, 0.2) is 0 Å². The topological polar surface area (TPSA) is 81.5 Å². The van der Waals surface area contributed by atoms with Gasteiger partial charge in [0.1, 0.15) is 5.82 Å². The molecule has 0 atom stereocenters. The zero-order chi connectivity index (χ0) is 12.4. The molecular weight excluding hydrogens is 224 g/mol. The van der Waals surface area contributed by atoms with Crippen LogP contribution in [0.1, 0.15) is 30.1 Å². The van der Waals surface area contributed by atoms with Crippen LogP contribution in [0.15, 0.2) is 0 Å². The highest BCUT2D eigenvalue weighted by Gasteiger charge is 2.29. The Morgan fingerprint density at radius 1 is 1.29 bits per heavy atom. The lowest BCUT2D eigenvalue weighted by molar-refractivity contribution is -0.136. The number of hydrogen-bond donors (Lipinski definition) is 1. The van der Waals surface area contributed by atoms with Crippen molar-refractivity contribution in [1.82, 2.24) is 9.97 Å². The van der Waals surface area contributed by atoms with Gasteiger partial charge in [-0.15, -0.1) is 0 Å². The Balaban J connectivity index is 2.43. The molecule has 1 fully saturated rings. The van der Waals surface area contributed by atoms with E-state index < -0.39 is 5.97 Å². The molecule has 1 N–H and O–H groups in total. The first-order valence-corrected chi connectivity index (χ1v) is 5.36. The fourth-order valence-electron chi connectivity index (χ4n) is 1.62. The van der Waals surface area contributed by atoms with Crippen LogP contribution in [-0.4, -0.2) is 35.3 Å². The Hall–Kier alpha value is -1.85. The maximum atomic E-state index is 10.8. The minimum atomic E-state index is -0.968. The predicted octanol–water partition coefficient (Wildman–Crippen LogP) is 0.998. The van der Waals surface area contributed by atoms with Gasteiger partial charge in [-0.05, 0) is 12.8 Å². The van der Waals surface area contributed by atoms with Gasteiger partial charge in [-0.2, -0.15) is 9.97 Å². The van der Waals surface area contributed by atoms with Crippen molar-refractivity contribution in [2.24, 2.45) is 0 Å². The van der Waals surface area contributed by atoms with Crippen LogP contribution in [0.25, 0.3) is 0 Å². The lowest BCUT2D eigenvalue weighted by Gasteiger charge is -2.11. The summed E-state index contributed by atoms with van der Waals surface area (Å²) >= 11 is 0. The van der Waals surface area contributed by atoms with Crippen molar-refractivity contribution in [3.63, 3.8) is 0 Å². The summed E-state index contributed by atoms with van der Waals surface area (Å²) in [7, 11) is 2.92. The van der Waals surface area contributed by atoms with E-state index in [-0.39, 0.29) is 6.42 Å². The van der Waals surface area contributed by atoms with E-state index in [9.17, 15) is 4.79 Å². The zero-order valence-electron chi connectivity index (χ0n) is 9.77. The van der Waals surface area contributed by atoms with Crippen LogP contribution < -0.4 is 9.47 Å². The highest BCUT2D eigenvalue weighted by atomic mass is 16.5. The maximum Gasteiger partial charge on any atom is 0.308 e. The first-order chi connectivity index (χ1) is 8.15. The summed E-state index contributed by atoms with van der Waals surface area (Å²) in [6.45, 7) is 0. The molecule has 1 heterocycles. The predicted molar refractivity (Wildman–Crippen MR) is 58.5 cm³/mol. The molecule has 0 saturated heterocycles. The van der Waals surface area contributed by atoms with E-state index in [2.05, 4.69) is 9.97 Å². The molecule has 0 unspecified atom stereocenters. The van der Waals surface area contributed by atoms with E-state index in [1.54, 1.807) is 0 Å². The number of nitrogens with zero attached hydrogens (tertiary/aromatic N) is 2. The fourth-order valence-corrected chi connectivity index (χ4v) is 1.62. The third-order valence-electron chi connectivity index (χ3n) is 2.61. The molecule has 1 saturated carbocycles. The highest BCUT2D eigenvalue weighted by Crippen LogP contribution is 2.40. The van der Waals surface area contributed by atoms with Gasteiger partial charge in [0.25, 0.3) is 0 Å². The minimum Gasteiger partial charge on any atom is -0.481 e. The Morgan fingerprint density at radius 3 is 2.18 bits per heavy atom. The number of carboxylic acids is 1. The first-order valence-electron chi connectivity index (χ1n) is 5.36. The Bertz CT molecular complexity index is 418. The largest absolute Gasteiger partial charge is 0.481 e. The zero-order valence-corrected chi connectivity index (χ0v) is 9.77. The molecule has 6 heteroatoms. The van der Waals surface area contributed by atoms with Gasteiger partial charge in [-0.3, -0.25) is 4.79 Å². The summed E-state index contributed by atoms with van der Waals surface area (Å²) < 4.78 is 10.2. The Kier molecular flexibility index (Phi) is 3.12. The van der Waals surface area contributed by atoms with Crippen molar-refractivity contribution in [2.75, 3.05) is 14.2 Å². The van der Waals surface area contributed by atoms with Crippen LogP contribution in [-0.2, 0) is 11.2 Å². The summed E-state index contributed by atoms with van der Waals surface area (Å²) in [5.41, 5.74) is 0.381. The van der Waals surface area contributed by atoms with Gasteiger partial charge in [-0.25, -0.2) is 0 Å². The molecule has 1 aromatic heterocycles. The number of aliphatic carboxylic acids is 1. The number of aromatic nitrogens is 2. The van der Waals surface area contributed by atoms with E-state index in [1.165, 1.54) is 14.2 Å². The first kappa shape index (κ1) is 11.6. The van der Waals surface area contributed by atoms with Crippen LogP contribution in [0.3, 0.4) is 0 Å². The van der Waals surface area contributed by atoms with Crippen LogP contribution >= 0.6 is 0 Å². The second-order valence-electron chi connectivity index (χ2n) is 3.92. The van der Waals surface area contributed by atoms with E-state index in [1.807, 2.05) is 0 Å². The number of rotatable bonds is 5. The van der Waals surface area contributed by atoms with Gasteiger partial charge in [0.2, 0.25) is 11.8 Å². The van der Waals surface area contributed by atoms with E-state index in [4.69, 9.17) is 14.6 Å². The fraction of sp³-hybridized carbons (Fsp3) is 0.545. The van der Waals surface area contributed by atoms with Gasteiger partial charge in [0, 0.05) is 5.92 Å². The van der Waals surface area contributed by atoms with E-state index in [0.29, 0.717) is 29.1 Å². The third-order valence-corrected chi connectivity index (χ3v) is 2.61. The number of methoxy groups -OCH3 is 2. The molecule has 1 aromatic rings. The van der Waals surface area contributed by atoms with Crippen LogP contribution in [0.2, 0.25) is 0 Å². The molecule has 1 aliphatic carbocycles. The summed E-state index contributed by atoms with van der Waals surface area (Å²) in [4.78, 5) is 19.2. The van der Waals surface area contributed by atoms with Crippen molar-refractivity contribution in [3.05, 3.63) is 11.4 Å². The molecule has 0 spiro atoms. The summed E-state index contributed by atoms with van der Waals surface area (Å²) in [5.74, 6) is 0.649. The normalized spacial score (nSPS) is 14.5. The lowest BCUT2D eigenvalue weighted by atomic mass is 10.2. The smallest absolute Gasteiger partial charge is 0.308 e. The monoisotopic (exact) mass is 238 g/mol. The van der Waals surface area contributed by atoms with Crippen molar-refractivity contribution >= 4 is 5.97 Å². The maximum absolute atomic E-state index is 10.8. The molecule has 0 radical (unpaired) electrons. The van der Waals surface area contributed by atoms with Crippen molar-refractivity contribution in [3.8, 4) is 11.8 Å². The third kappa shape index (κ3) is 2.46. The van der Waals surface area contributed by atoms with Crippen molar-refractivity contribution in [2.45, 2.75) is 25.2 Å². The second kappa shape index (κ2) is 4.57. The molecule has 92 valence electrons. The Morgan fingerprint density at radius 2 is 1.82 bits per heavy atom. The molecule has 0 bridgehead atoms. The van der Waals surface area contributed by atoms with Crippen LogP contribution in [0.5, 0.6) is 11.8 Å². The van der Waals surface area contributed by atoms with Crippen LogP contribution in [0, 0.1) is 0 Å². The van der Waals surface area contributed by atoms with Crippen molar-refractivity contribution < 1.29 is 19.4 Å². The number of ether oxygens (including phenoxy) is 2. The molecule has 2 rings (SSSR count). The highest BCUT2D eigenvalue weighted by molar-refractivity contribution is 5.72. The molecule has 0 aromatic carbocycles. The number of hydrogen-bond acceptors (Lipinski definition) is 5. The quantitative estimate of drug-likeness (QED) is 0.824. The lowest BCUT2D eigenvalue weighted by Crippen LogP contribution is -2.09. The summed E-state index contributed by atoms with van der Waals surface area (Å²) in [6.07, 6.45) is 1.91. The van der Waals surface area contributed by atoms with Gasteiger partial charge in [0.05, 0.1) is 26.2 Å². The van der Waals surface area contributed by atoms with Gasteiger partial charge in [-0.1, -0.05) is 0 Å². The molecule has 17 heavy (non-hydrogen) atoms. The SMILES string of the molecule is COc1nc(C2CC2)nc(OC)c1CC(=O)O. The van der Waals surface area contributed by atoms with Crippen molar-refractivity contribution in [1.29, 1.82) is 0 Å². The number of carbonyl (C=O) groups is 1. The standard InChI is InChI=1S/C11H14N2O4/c1-16-10-7(5-8(14)15)11(17-2)13-9(12-10)6-3-4-6/h6H,3-5H2,1-2H3,(H,14,15). The molecule has 1 aliphatic rings. The van der Waals surface area contributed by atoms with E-state index >= 15 is 0 Å². The number of carboxylic acid groups (broad SMARTS) is 1. The van der Waals surface area contributed by atoms with Gasteiger partial charge >= 0.3 is 5.97 Å². The Labute approximate surface area is 98.6 Å². The average molecular weight is 238 g/mol. The summed E-state index contributed by atoms with van der Waals surface area (Å²) in [6, 6.07) is 0. The minimum absolute atomic E-state index is 0.211.